The average Bonchev–Trinajstić information content (AvgIpc) is 2.25. The maximum absolute atomic E-state index is 12.2. The van der Waals surface area contributed by atoms with Crippen LogP contribution in [0.2, 0.25) is 0 Å². The third-order valence-corrected chi connectivity index (χ3v) is 4.92. The van der Waals surface area contributed by atoms with E-state index in [1.165, 1.54) is 4.31 Å². The Hall–Kier alpha value is -0.570. The molecule has 1 rings (SSSR count). The smallest absolute Gasteiger partial charge is 0.195 e. The van der Waals surface area contributed by atoms with Gasteiger partial charge in [-0.05, 0) is 18.8 Å². The Labute approximate surface area is 98.8 Å². The fourth-order valence-electron chi connectivity index (χ4n) is 1.98. The minimum atomic E-state index is -3.35. The number of terminal acetylenes is 1. The molecule has 0 aromatic heterocycles. The minimum Gasteiger partial charge on any atom is -0.195 e. The molecule has 0 bridgehead atoms. The molecule has 1 saturated heterocycles. The molecule has 5 heteroatoms. The van der Waals surface area contributed by atoms with E-state index in [0.29, 0.717) is 25.6 Å². The Kier molecular flexibility index (Phi) is 4.78. The summed E-state index contributed by atoms with van der Waals surface area (Å²) in [6.07, 6.45) is 7.23. The second-order valence-electron chi connectivity index (χ2n) is 4.24. The summed E-state index contributed by atoms with van der Waals surface area (Å²) in [5, 5.41) is 0. The zero-order chi connectivity index (χ0) is 12.2. The summed E-state index contributed by atoms with van der Waals surface area (Å²) < 4.78 is 27.3. The quantitative estimate of drug-likeness (QED) is 0.690. The predicted molar refractivity (Wildman–Crippen MR) is 65.0 cm³/mol. The van der Waals surface area contributed by atoms with Crippen LogP contribution >= 0.6 is 0 Å². The van der Waals surface area contributed by atoms with Gasteiger partial charge in [0.05, 0.1) is 6.54 Å². The first-order valence-electron chi connectivity index (χ1n) is 5.71. The fraction of sp³-hybridized carbons (Fsp3) is 0.818. The highest BCUT2D eigenvalue weighted by Crippen LogP contribution is 2.20. The van der Waals surface area contributed by atoms with Gasteiger partial charge < -0.3 is 0 Å². The highest BCUT2D eigenvalue weighted by molar-refractivity contribution is 7.86. The summed E-state index contributed by atoms with van der Waals surface area (Å²) in [6.45, 7) is 5.71. The van der Waals surface area contributed by atoms with Crippen molar-refractivity contribution in [1.82, 2.24) is 8.61 Å². The van der Waals surface area contributed by atoms with Crippen molar-refractivity contribution < 1.29 is 8.42 Å². The molecule has 1 atom stereocenters. The van der Waals surface area contributed by atoms with Crippen molar-refractivity contribution in [2.24, 2.45) is 5.92 Å². The molecule has 92 valence electrons. The molecule has 1 aliphatic heterocycles. The largest absolute Gasteiger partial charge is 0.282 e. The number of piperidine rings is 1. The van der Waals surface area contributed by atoms with Gasteiger partial charge in [-0.1, -0.05) is 19.8 Å². The molecular weight excluding hydrogens is 224 g/mol. The van der Waals surface area contributed by atoms with Gasteiger partial charge >= 0.3 is 0 Å². The van der Waals surface area contributed by atoms with Gasteiger partial charge in [0.15, 0.2) is 0 Å². The standard InChI is InChI=1S/C11H20N2O2S/c1-4-8-12(5-2)16(14,15)13-9-6-7-11(3)10-13/h1,11H,5-10H2,2-3H3. The normalized spacial score (nSPS) is 23.2. The van der Waals surface area contributed by atoms with Crippen molar-refractivity contribution in [3.63, 3.8) is 0 Å². The van der Waals surface area contributed by atoms with Crippen LogP contribution in [0.3, 0.4) is 0 Å². The monoisotopic (exact) mass is 244 g/mol. The second kappa shape index (κ2) is 5.67. The van der Waals surface area contributed by atoms with Crippen molar-refractivity contribution in [2.75, 3.05) is 26.2 Å². The van der Waals surface area contributed by atoms with Crippen LogP contribution in [-0.2, 0) is 10.2 Å². The minimum absolute atomic E-state index is 0.156. The molecule has 16 heavy (non-hydrogen) atoms. The number of hydrogen-bond acceptors (Lipinski definition) is 2. The van der Waals surface area contributed by atoms with Crippen molar-refractivity contribution in [1.29, 1.82) is 0 Å². The Morgan fingerprint density at radius 3 is 2.75 bits per heavy atom. The van der Waals surface area contributed by atoms with Crippen LogP contribution < -0.4 is 0 Å². The third-order valence-electron chi connectivity index (χ3n) is 2.89. The lowest BCUT2D eigenvalue weighted by Crippen LogP contribution is -2.47. The van der Waals surface area contributed by atoms with Gasteiger partial charge in [-0.2, -0.15) is 17.0 Å². The molecular formula is C11H20N2O2S. The number of hydrogen-bond donors (Lipinski definition) is 0. The van der Waals surface area contributed by atoms with E-state index < -0.39 is 10.2 Å². The average molecular weight is 244 g/mol. The summed E-state index contributed by atoms with van der Waals surface area (Å²) in [4.78, 5) is 0. The molecule has 0 aromatic rings. The van der Waals surface area contributed by atoms with Crippen molar-refractivity contribution in [2.45, 2.75) is 26.7 Å². The number of rotatable bonds is 4. The summed E-state index contributed by atoms with van der Waals surface area (Å²) in [6, 6.07) is 0. The van der Waals surface area contributed by atoms with E-state index in [0.717, 1.165) is 12.8 Å². The SMILES string of the molecule is C#CCN(CC)S(=O)(=O)N1CCCC(C)C1. The first-order valence-corrected chi connectivity index (χ1v) is 7.10. The van der Waals surface area contributed by atoms with Crippen molar-refractivity contribution >= 4 is 10.2 Å². The first kappa shape index (κ1) is 13.5. The van der Waals surface area contributed by atoms with Crippen molar-refractivity contribution in [3.05, 3.63) is 0 Å². The van der Waals surface area contributed by atoms with Gasteiger partial charge in [-0.25, -0.2) is 0 Å². The van der Waals surface area contributed by atoms with E-state index in [9.17, 15) is 8.42 Å². The zero-order valence-electron chi connectivity index (χ0n) is 10.0. The lowest BCUT2D eigenvalue weighted by atomic mass is 10.0. The maximum atomic E-state index is 12.2. The first-order chi connectivity index (χ1) is 7.52. The molecule has 0 amide bonds. The zero-order valence-corrected chi connectivity index (χ0v) is 10.8. The Morgan fingerprint density at radius 1 is 1.56 bits per heavy atom. The third kappa shape index (κ3) is 2.97. The number of nitrogens with zero attached hydrogens (tertiary/aromatic N) is 2. The molecule has 1 fully saturated rings. The highest BCUT2D eigenvalue weighted by atomic mass is 32.2. The molecule has 0 saturated carbocycles. The van der Waals surface area contributed by atoms with E-state index in [1.807, 2.05) is 6.92 Å². The highest BCUT2D eigenvalue weighted by Gasteiger charge is 2.31. The molecule has 1 heterocycles. The summed E-state index contributed by atoms with van der Waals surface area (Å²) >= 11 is 0. The molecule has 4 nitrogen and oxygen atoms in total. The van der Waals surface area contributed by atoms with Crippen molar-refractivity contribution in [3.8, 4) is 12.3 Å². The summed E-state index contributed by atoms with van der Waals surface area (Å²) in [5.74, 6) is 2.83. The van der Waals surface area contributed by atoms with Crippen LogP contribution in [0.1, 0.15) is 26.7 Å². The van der Waals surface area contributed by atoms with E-state index in [-0.39, 0.29) is 6.54 Å². The summed E-state index contributed by atoms with van der Waals surface area (Å²) in [5.41, 5.74) is 0. The molecule has 0 N–H and O–H groups in total. The van der Waals surface area contributed by atoms with Gasteiger partial charge in [-0.3, -0.25) is 0 Å². The van der Waals surface area contributed by atoms with Crippen LogP contribution in [0.4, 0.5) is 0 Å². The molecule has 0 aliphatic carbocycles. The fourth-order valence-corrected chi connectivity index (χ4v) is 3.67. The van der Waals surface area contributed by atoms with Crippen LogP contribution in [0.25, 0.3) is 0 Å². The molecule has 0 radical (unpaired) electrons. The van der Waals surface area contributed by atoms with Gasteiger partial charge in [-0.15, -0.1) is 6.42 Å². The maximum Gasteiger partial charge on any atom is 0.282 e. The van der Waals surface area contributed by atoms with Gasteiger partial charge in [0.25, 0.3) is 10.2 Å². The predicted octanol–water partition coefficient (Wildman–Crippen LogP) is 0.918. The topological polar surface area (TPSA) is 40.6 Å². The van der Waals surface area contributed by atoms with Gasteiger partial charge in [0.2, 0.25) is 0 Å². The lowest BCUT2D eigenvalue weighted by Gasteiger charge is -2.33. The molecule has 0 aromatic carbocycles. The van der Waals surface area contributed by atoms with Crippen LogP contribution in [0, 0.1) is 18.3 Å². The Morgan fingerprint density at radius 2 is 2.25 bits per heavy atom. The van der Waals surface area contributed by atoms with Crippen LogP contribution in [-0.4, -0.2) is 43.2 Å². The van der Waals surface area contributed by atoms with E-state index in [2.05, 4.69) is 12.8 Å². The van der Waals surface area contributed by atoms with E-state index >= 15 is 0 Å². The lowest BCUT2D eigenvalue weighted by molar-refractivity contribution is 0.262. The van der Waals surface area contributed by atoms with E-state index in [4.69, 9.17) is 6.42 Å². The van der Waals surface area contributed by atoms with Crippen LogP contribution in [0.15, 0.2) is 0 Å². The van der Waals surface area contributed by atoms with Crippen LogP contribution in [0.5, 0.6) is 0 Å². The molecule has 1 unspecified atom stereocenters. The van der Waals surface area contributed by atoms with Gasteiger partial charge in [0.1, 0.15) is 0 Å². The second-order valence-corrected chi connectivity index (χ2v) is 6.17. The van der Waals surface area contributed by atoms with Gasteiger partial charge in [0, 0.05) is 19.6 Å². The van der Waals surface area contributed by atoms with E-state index in [1.54, 1.807) is 4.31 Å². The molecule has 0 spiro atoms. The molecule has 1 aliphatic rings. The Bertz CT molecular complexity index is 359. The summed E-state index contributed by atoms with van der Waals surface area (Å²) in [7, 11) is -3.35. The Balaban J connectivity index is 2.79.